The average Bonchev–Trinajstić information content (AvgIpc) is 3.28. The number of aryl methyl sites for hydroxylation is 2. The molecule has 0 spiro atoms. The molecule has 0 bridgehead atoms. The predicted octanol–water partition coefficient (Wildman–Crippen LogP) is 3.10. The summed E-state index contributed by atoms with van der Waals surface area (Å²) in [6.07, 6.45) is 0.413. The highest BCUT2D eigenvalue weighted by atomic mass is 35.5. The first kappa shape index (κ1) is 21.3. The number of aliphatic imine (C=N–C) groups is 1. The van der Waals surface area contributed by atoms with Gasteiger partial charge in [-0.05, 0) is 38.5 Å². The van der Waals surface area contributed by atoms with Gasteiger partial charge in [0.15, 0.2) is 0 Å². The van der Waals surface area contributed by atoms with Gasteiger partial charge in [-0.15, -0.1) is 21.5 Å². The van der Waals surface area contributed by atoms with Gasteiger partial charge in [0.05, 0.1) is 5.71 Å². The summed E-state index contributed by atoms with van der Waals surface area (Å²) in [5.41, 5.74) is 3.97. The Kier molecular flexibility index (Phi) is 5.61. The summed E-state index contributed by atoms with van der Waals surface area (Å²) in [5, 5.41) is 13.8. The van der Waals surface area contributed by atoms with Crippen LogP contribution >= 0.6 is 22.9 Å². The molecule has 4 heterocycles. The normalized spacial score (nSPS) is 20.1. The van der Waals surface area contributed by atoms with Gasteiger partial charge in [0.2, 0.25) is 5.91 Å². The van der Waals surface area contributed by atoms with Crippen molar-refractivity contribution < 1.29 is 4.79 Å². The number of nitrogens with zero attached hydrogens (tertiary/aromatic N) is 5. The van der Waals surface area contributed by atoms with Crippen LogP contribution in [0.15, 0.2) is 29.3 Å². The average molecular weight is 469 g/mol. The van der Waals surface area contributed by atoms with E-state index >= 15 is 0 Å². The van der Waals surface area contributed by atoms with Crippen molar-refractivity contribution in [2.45, 2.75) is 33.2 Å². The van der Waals surface area contributed by atoms with Crippen LogP contribution < -0.4 is 5.32 Å². The number of hydrogen-bond donors (Lipinski definition) is 1. The van der Waals surface area contributed by atoms with Crippen molar-refractivity contribution in [1.82, 2.24) is 25.0 Å². The van der Waals surface area contributed by atoms with Crippen LogP contribution in [0.5, 0.6) is 0 Å². The van der Waals surface area contributed by atoms with Crippen molar-refractivity contribution in [3.05, 3.63) is 62.5 Å². The third-order valence-corrected chi connectivity index (χ3v) is 7.64. The van der Waals surface area contributed by atoms with E-state index in [0.29, 0.717) is 24.5 Å². The summed E-state index contributed by atoms with van der Waals surface area (Å²) in [7, 11) is 0. The van der Waals surface area contributed by atoms with Crippen LogP contribution in [0.1, 0.15) is 33.2 Å². The standard InChI is InChI=1S/C23H25ClN6OS/c1-13-14(2)32-23-20(13)21(16-4-6-17(24)7-5-16)26-18(12-19-28-27-15(3)30(19)23)22(31)29-10-8-25-9-11-29/h4-7,18,25H,8-12H2,1-3H3/b26-21-. The molecule has 1 unspecified atom stereocenters. The first-order valence-corrected chi connectivity index (χ1v) is 12.0. The third kappa shape index (κ3) is 3.66. The maximum atomic E-state index is 13.6. The van der Waals surface area contributed by atoms with Crippen LogP contribution in [0.2, 0.25) is 5.02 Å². The maximum absolute atomic E-state index is 13.6. The Morgan fingerprint density at radius 3 is 2.56 bits per heavy atom. The number of aromatic nitrogens is 3. The molecule has 1 N–H and O–H groups in total. The number of piperazine rings is 1. The number of rotatable bonds is 2. The monoisotopic (exact) mass is 468 g/mol. The number of carbonyl (C=O) groups excluding carboxylic acids is 1. The van der Waals surface area contributed by atoms with E-state index in [4.69, 9.17) is 16.6 Å². The second kappa shape index (κ2) is 8.42. The van der Waals surface area contributed by atoms with Gasteiger partial charge >= 0.3 is 0 Å². The van der Waals surface area contributed by atoms with Gasteiger partial charge in [-0.3, -0.25) is 14.4 Å². The number of amides is 1. The van der Waals surface area contributed by atoms with Crippen LogP contribution in [-0.2, 0) is 11.2 Å². The third-order valence-electron chi connectivity index (χ3n) is 6.19. The molecule has 1 aromatic carbocycles. The van der Waals surface area contributed by atoms with Gasteiger partial charge in [0.1, 0.15) is 22.7 Å². The van der Waals surface area contributed by atoms with E-state index in [2.05, 4.69) is 33.9 Å². The van der Waals surface area contributed by atoms with E-state index in [0.717, 1.165) is 52.1 Å². The molecule has 0 aliphatic carbocycles. The quantitative estimate of drug-likeness (QED) is 0.627. The van der Waals surface area contributed by atoms with E-state index in [9.17, 15) is 4.79 Å². The molecular formula is C23H25ClN6OS. The fourth-order valence-electron chi connectivity index (χ4n) is 4.35. The molecule has 1 saturated heterocycles. The summed E-state index contributed by atoms with van der Waals surface area (Å²) in [6, 6.07) is 7.13. The Balaban J connectivity index is 1.73. The van der Waals surface area contributed by atoms with Crippen molar-refractivity contribution in [3.8, 4) is 5.00 Å². The number of thiophene rings is 1. The van der Waals surface area contributed by atoms with E-state index in [-0.39, 0.29) is 5.91 Å². The van der Waals surface area contributed by atoms with Crippen LogP contribution in [0.4, 0.5) is 0 Å². The van der Waals surface area contributed by atoms with Crippen molar-refractivity contribution in [2.24, 2.45) is 4.99 Å². The second-order valence-electron chi connectivity index (χ2n) is 8.24. The van der Waals surface area contributed by atoms with Crippen molar-refractivity contribution in [3.63, 3.8) is 0 Å². The van der Waals surface area contributed by atoms with Crippen LogP contribution in [0.25, 0.3) is 5.00 Å². The van der Waals surface area contributed by atoms with Gasteiger partial charge in [-0.25, -0.2) is 0 Å². The SMILES string of the molecule is Cc1sc2c(c1C)/C(c1ccc(Cl)cc1)=N\C(C(=O)N1CCNCC1)Cc1nnc(C)n1-2. The number of hydrogen-bond acceptors (Lipinski definition) is 6. The molecule has 166 valence electrons. The van der Waals surface area contributed by atoms with E-state index in [1.165, 1.54) is 4.88 Å². The Morgan fingerprint density at radius 1 is 1.12 bits per heavy atom. The number of halogens is 1. The highest BCUT2D eigenvalue weighted by Gasteiger charge is 2.33. The summed E-state index contributed by atoms with van der Waals surface area (Å²) >= 11 is 7.89. The first-order valence-electron chi connectivity index (χ1n) is 10.8. The van der Waals surface area contributed by atoms with Crippen molar-refractivity contribution >= 4 is 34.6 Å². The Hall–Kier alpha value is -2.55. The zero-order valence-electron chi connectivity index (χ0n) is 18.4. The largest absolute Gasteiger partial charge is 0.338 e. The lowest BCUT2D eigenvalue weighted by molar-refractivity contribution is -0.133. The van der Waals surface area contributed by atoms with Crippen molar-refractivity contribution in [1.29, 1.82) is 0 Å². The fraction of sp³-hybridized carbons (Fsp3) is 0.391. The van der Waals surface area contributed by atoms with Gasteiger partial charge in [-0.1, -0.05) is 23.7 Å². The second-order valence-corrected chi connectivity index (χ2v) is 9.88. The molecule has 2 aromatic heterocycles. The molecular weight excluding hydrogens is 444 g/mol. The summed E-state index contributed by atoms with van der Waals surface area (Å²) in [4.78, 5) is 21.8. The van der Waals surface area contributed by atoms with Gasteiger partial charge < -0.3 is 10.2 Å². The summed E-state index contributed by atoms with van der Waals surface area (Å²) < 4.78 is 2.10. The molecule has 32 heavy (non-hydrogen) atoms. The molecule has 0 saturated carbocycles. The zero-order chi connectivity index (χ0) is 22.4. The lowest BCUT2D eigenvalue weighted by Crippen LogP contribution is -2.50. The lowest BCUT2D eigenvalue weighted by Gasteiger charge is -2.30. The Bertz CT molecular complexity index is 1210. The fourth-order valence-corrected chi connectivity index (χ4v) is 5.70. The molecule has 2 aliphatic rings. The molecule has 7 nitrogen and oxygen atoms in total. The van der Waals surface area contributed by atoms with E-state index in [1.807, 2.05) is 36.1 Å². The lowest BCUT2D eigenvalue weighted by atomic mass is 9.98. The van der Waals surface area contributed by atoms with Crippen LogP contribution in [-0.4, -0.2) is 63.5 Å². The highest BCUT2D eigenvalue weighted by Crippen LogP contribution is 2.36. The minimum Gasteiger partial charge on any atom is -0.338 e. The molecule has 1 amide bonds. The number of carbonyl (C=O) groups is 1. The molecule has 0 radical (unpaired) electrons. The highest BCUT2D eigenvalue weighted by molar-refractivity contribution is 7.15. The van der Waals surface area contributed by atoms with Gasteiger partial charge in [0, 0.05) is 53.6 Å². The van der Waals surface area contributed by atoms with Gasteiger partial charge in [0.25, 0.3) is 0 Å². The van der Waals surface area contributed by atoms with E-state index in [1.54, 1.807) is 11.3 Å². The Labute approximate surface area is 196 Å². The van der Waals surface area contributed by atoms with Crippen LogP contribution in [0.3, 0.4) is 0 Å². The number of benzene rings is 1. The molecule has 1 atom stereocenters. The Morgan fingerprint density at radius 2 is 1.84 bits per heavy atom. The number of nitrogens with one attached hydrogen (secondary N) is 1. The minimum absolute atomic E-state index is 0.0400. The summed E-state index contributed by atoms with van der Waals surface area (Å²) in [6.45, 7) is 9.17. The molecule has 9 heteroatoms. The molecule has 3 aromatic rings. The topological polar surface area (TPSA) is 75.4 Å². The van der Waals surface area contributed by atoms with Crippen molar-refractivity contribution in [2.75, 3.05) is 26.2 Å². The smallest absolute Gasteiger partial charge is 0.247 e. The minimum atomic E-state index is -0.561. The maximum Gasteiger partial charge on any atom is 0.247 e. The first-order chi connectivity index (χ1) is 15.4. The predicted molar refractivity (Wildman–Crippen MR) is 127 cm³/mol. The van der Waals surface area contributed by atoms with E-state index < -0.39 is 6.04 Å². The van der Waals surface area contributed by atoms with Gasteiger partial charge in [-0.2, -0.15) is 0 Å². The summed E-state index contributed by atoms with van der Waals surface area (Å²) in [5.74, 6) is 1.63. The number of fused-ring (bicyclic) bond motifs is 3. The molecule has 1 fully saturated rings. The van der Waals surface area contributed by atoms with Crippen LogP contribution in [0, 0.1) is 20.8 Å². The molecule has 5 rings (SSSR count). The zero-order valence-corrected chi connectivity index (χ0v) is 19.9. The molecule has 2 aliphatic heterocycles.